The first-order chi connectivity index (χ1) is 8.09. The number of carbonyl (C=O) groups excluding carboxylic acids is 2. The van der Waals surface area contributed by atoms with E-state index in [0.717, 1.165) is 19.3 Å². The molecule has 0 fully saturated rings. The SMILES string of the molecule is C=C(CCOC(C)=O)C(=O)NC1C=CCCC1. The smallest absolute Gasteiger partial charge is 0.302 e. The topological polar surface area (TPSA) is 55.4 Å². The van der Waals surface area contributed by atoms with Crippen molar-refractivity contribution in [3.63, 3.8) is 0 Å². The zero-order valence-corrected chi connectivity index (χ0v) is 10.2. The molecule has 0 bridgehead atoms. The average Bonchev–Trinajstić information content (AvgIpc) is 2.29. The van der Waals surface area contributed by atoms with Crippen LogP contribution < -0.4 is 5.32 Å². The van der Waals surface area contributed by atoms with Crippen LogP contribution in [0.2, 0.25) is 0 Å². The first kappa shape index (κ1) is 13.5. The van der Waals surface area contributed by atoms with Crippen LogP contribution >= 0.6 is 0 Å². The Morgan fingerprint density at radius 3 is 2.88 bits per heavy atom. The number of ether oxygens (including phenoxy) is 1. The maximum atomic E-state index is 11.7. The molecule has 4 nitrogen and oxygen atoms in total. The van der Waals surface area contributed by atoms with E-state index in [-0.39, 0.29) is 24.5 Å². The van der Waals surface area contributed by atoms with Gasteiger partial charge in [0, 0.05) is 25.0 Å². The minimum atomic E-state index is -0.339. The highest BCUT2D eigenvalue weighted by Crippen LogP contribution is 2.11. The van der Waals surface area contributed by atoms with Crippen LogP contribution in [-0.2, 0) is 14.3 Å². The second kappa shape index (κ2) is 6.89. The normalized spacial score (nSPS) is 18.5. The highest BCUT2D eigenvalue weighted by molar-refractivity contribution is 5.93. The van der Waals surface area contributed by atoms with Crippen LogP contribution in [0.3, 0.4) is 0 Å². The lowest BCUT2D eigenvalue weighted by molar-refractivity contribution is -0.141. The van der Waals surface area contributed by atoms with Crippen LogP contribution in [0.5, 0.6) is 0 Å². The van der Waals surface area contributed by atoms with E-state index in [1.54, 1.807) is 0 Å². The standard InChI is InChI=1S/C13H19NO3/c1-10(8-9-17-11(2)15)13(16)14-12-6-4-3-5-7-12/h4,6,12H,1,3,5,7-9H2,2H3,(H,14,16). The third-order valence-corrected chi connectivity index (χ3v) is 2.60. The van der Waals surface area contributed by atoms with E-state index in [1.807, 2.05) is 6.08 Å². The molecule has 0 radical (unpaired) electrons. The fraction of sp³-hybridized carbons (Fsp3) is 0.538. The zero-order valence-electron chi connectivity index (χ0n) is 10.2. The van der Waals surface area contributed by atoms with E-state index in [4.69, 9.17) is 4.74 Å². The molecule has 4 heteroatoms. The molecule has 1 N–H and O–H groups in total. The third kappa shape index (κ3) is 5.33. The molecule has 1 rings (SSSR count). The largest absolute Gasteiger partial charge is 0.466 e. The number of esters is 1. The number of allylic oxidation sites excluding steroid dienone is 1. The molecule has 94 valence electrons. The van der Waals surface area contributed by atoms with Crippen molar-refractivity contribution in [2.24, 2.45) is 0 Å². The van der Waals surface area contributed by atoms with Gasteiger partial charge >= 0.3 is 5.97 Å². The Morgan fingerprint density at radius 1 is 1.53 bits per heavy atom. The highest BCUT2D eigenvalue weighted by atomic mass is 16.5. The number of nitrogens with one attached hydrogen (secondary N) is 1. The van der Waals surface area contributed by atoms with Crippen LogP contribution in [0.1, 0.15) is 32.6 Å². The predicted molar refractivity (Wildman–Crippen MR) is 65.3 cm³/mol. The van der Waals surface area contributed by atoms with Crippen LogP contribution in [0.15, 0.2) is 24.3 Å². The summed E-state index contributed by atoms with van der Waals surface area (Å²) in [7, 11) is 0. The summed E-state index contributed by atoms with van der Waals surface area (Å²) in [4.78, 5) is 22.3. The van der Waals surface area contributed by atoms with E-state index in [9.17, 15) is 9.59 Å². The first-order valence-electron chi connectivity index (χ1n) is 5.88. The lowest BCUT2D eigenvalue weighted by Gasteiger charge is -2.18. The molecular formula is C13H19NO3. The van der Waals surface area contributed by atoms with Crippen molar-refractivity contribution in [2.75, 3.05) is 6.61 Å². The summed E-state index contributed by atoms with van der Waals surface area (Å²) in [5.41, 5.74) is 0.449. The summed E-state index contributed by atoms with van der Waals surface area (Å²) in [6.07, 6.45) is 7.62. The minimum absolute atomic E-state index is 0.113. The maximum Gasteiger partial charge on any atom is 0.302 e. The van der Waals surface area contributed by atoms with Gasteiger partial charge in [-0.15, -0.1) is 0 Å². The monoisotopic (exact) mass is 237 g/mol. The zero-order chi connectivity index (χ0) is 12.7. The molecule has 1 atom stereocenters. The van der Waals surface area contributed by atoms with Gasteiger partial charge in [0.05, 0.1) is 6.61 Å². The van der Waals surface area contributed by atoms with Gasteiger partial charge in [0.15, 0.2) is 0 Å². The molecule has 0 spiro atoms. The van der Waals surface area contributed by atoms with Crippen LogP contribution in [-0.4, -0.2) is 24.5 Å². The van der Waals surface area contributed by atoms with Gasteiger partial charge in [-0.25, -0.2) is 0 Å². The number of hydrogen-bond donors (Lipinski definition) is 1. The average molecular weight is 237 g/mol. The fourth-order valence-corrected chi connectivity index (χ4v) is 1.63. The summed E-state index contributed by atoms with van der Waals surface area (Å²) in [5, 5.41) is 2.89. The van der Waals surface area contributed by atoms with Crippen molar-refractivity contribution in [3.8, 4) is 0 Å². The Kier molecular flexibility index (Phi) is 5.46. The molecule has 0 saturated heterocycles. The highest BCUT2D eigenvalue weighted by Gasteiger charge is 2.13. The van der Waals surface area contributed by atoms with Gasteiger partial charge in [-0.05, 0) is 19.3 Å². The summed E-state index contributed by atoms with van der Waals surface area (Å²) < 4.78 is 4.76. The van der Waals surface area contributed by atoms with Gasteiger partial charge in [-0.2, -0.15) is 0 Å². The fourth-order valence-electron chi connectivity index (χ4n) is 1.63. The molecule has 0 saturated carbocycles. The van der Waals surface area contributed by atoms with Gasteiger partial charge in [0.1, 0.15) is 0 Å². The molecule has 1 aliphatic carbocycles. The Hall–Kier alpha value is -1.58. The second-order valence-corrected chi connectivity index (χ2v) is 4.13. The van der Waals surface area contributed by atoms with Crippen LogP contribution in [0.4, 0.5) is 0 Å². The molecular weight excluding hydrogens is 218 g/mol. The van der Waals surface area contributed by atoms with Crippen molar-refractivity contribution in [1.29, 1.82) is 0 Å². The molecule has 0 aliphatic heterocycles. The van der Waals surface area contributed by atoms with Crippen molar-refractivity contribution < 1.29 is 14.3 Å². The second-order valence-electron chi connectivity index (χ2n) is 4.13. The van der Waals surface area contributed by atoms with Gasteiger partial charge < -0.3 is 10.1 Å². The number of carbonyl (C=O) groups is 2. The van der Waals surface area contributed by atoms with Crippen molar-refractivity contribution in [2.45, 2.75) is 38.6 Å². The summed E-state index contributed by atoms with van der Waals surface area (Å²) in [6.45, 7) is 5.24. The number of hydrogen-bond acceptors (Lipinski definition) is 3. The summed E-state index contributed by atoms with van der Waals surface area (Å²) in [5.74, 6) is -0.498. The molecule has 17 heavy (non-hydrogen) atoms. The van der Waals surface area contributed by atoms with E-state index in [1.165, 1.54) is 6.92 Å². The predicted octanol–water partition coefficient (Wildman–Crippen LogP) is 1.72. The van der Waals surface area contributed by atoms with Gasteiger partial charge in [0.2, 0.25) is 5.91 Å². The maximum absolute atomic E-state index is 11.7. The molecule has 0 aromatic heterocycles. The lowest BCUT2D eigenvalue weighted by atomic mass is 10.0. The summed E-state index contributed by atoms with van der Waals surface area (Å²) >= 11 is 0. The molecule has 0 aromatic carbocycles. The molecule has 0 aromatic rings. The lowest BCUT2D eigenvalue weighted by Crippen LogP contribution is -2.35. The van der Waals surface area contributed by atoms with Crippen molar-refractivity contribution in [3.05, 3.63) is 24.3 Å². The number of amides is 1. The summed E-state index contributed by atoms with van der Waals surface area (Å²) in [6, 6.07) is 0.113. The first-order valence-corrected chi connectivity index (χ1v) is 5.88. The Balaban J connectivity index is 2.26. The van der Waals surface area contributed by atoms with E-state index >= 15 is 0 Å². The van der Waals surface area contributed by atoms with Gasteiger partial charge in [-0.3, -0.25) is 9.59 Å². The van der Waals surface area contributed by atoms with E-state index < -0.39 is 0 Å². The Morgan fingerprint density at radius 2 is 2.29 bits per heavy atom. The third-order valence-electron chi connectivity index (χ3n) is 2.60. The van der Waals surface area contributed by atoms with Crippen molar-refractivity contribution in [1.82, 2.24) is 5.32 Å². The van der Waals surface area contributed by atoms with Crippen LogP contribution in [0.25, 0.3) is 0 Å². The molecule has 0 heterocycles. The molecule has 1 aliphatic rings. The van der Waals surface area contributed by atoms with Crippen molar-refractivity contribution >= 4 is 11.9 Å². The molecule has 1 amide bonds. The number of rotatable bonds is 5. The van der Waals surface area contributed by atoms with Gasteiger partial charge in [-0.1, -0.05) is 18.7 Å². The molecule has 1 unspecified atom stereocenters. The quantitative estimate of drug-likeness (QED) is 0.450. The van der Waals surface area contributed by atoms with Gasteiger partial charge in [0.25, 0.3) is 0 Å². The Bertz CT molecular complexity index is 334. The van der Waals surface area contributed by atoms with E-state index in [2.05, 4.69) is 18.0 Å². The Labute approximate surface area is 102 Å². The minimum Gasteiger partial charge on any atom is -0.466 e. The van der Waals surface area contributed by atoms with Crippen LogP contribution in [0, 0.1) is 0 Å². The van der Waals surface area contributed by atoms with E-state index in [0.29, 0.717) is 12.0 Å².